The topological polar surface area (TPSA) is 59.0 Å². The number of amides is 1. The molecule has 1 fully saturated rings. The number of hydrogen-bond donors (Lipinski definition) is 2. The summed E-state index contributed by atoms with van der Waals surface area (Å²) in [6.45, 7) is 0. The summed E-state index contributed by atoms with van der Waals surface area (Å²) in [5, 5.41) is 9.79. The normalized spacial score (nSPS) is 22.6. The second-order valence-corrected chi connectivity index (χ2v) is 7.36. The molecule has 0 unspecified atom stereocenters. The van der Waals surface area contributed by atoms with Crippen LogP contribution >= 0.6 is 0 Å². The van der Waals surface area contributed by atoms with E-state index in [-0.39, 0.29) is 24.0 Å². The lowest BCUT2D eigenvalue weighted by molar-refractivity contribution is -0.173. The zero-order valence-corrected chi connectivity index (χ0v) is 15.0. The van der Waals surface area contributed by atoms with Gasteiger partial charge in [0, 0.05) is 18.5 Å². The largest absolute Gasteiger partial charge is 0.410 e. The molecule has 2 atom stereocenters. The maximum atomic E-state index is 13.7. The van der Waals surface area contributed by atoms with Gasteiger partial charge in [0.05, 0.1) is 6.04 Å². The molecule has 2 aromatic rings. The minimum absolute atomic E-state index is 0.0385. The Hall–Kier alpha value is -2.58. The Kier molecular flexibility index (Phi) is 4.76. The van der Waals surface area contributed by atoms with Gasteiger partial charge in [-0.05, 0) is 30.5 Å². The van der Waals surface area contributed by atoms with Crippen LogP contribution in [0.1, 0.15) is 60.2 Å². The van der Waals surface area contributed by atoms with Crippen molar-refractivity contribution >= 4 is 11.7 Å². The molecule has 0 radical (unpaired) electrons. The molecule has 28 heavy (non-hydrogen) atoms. The monoisotopic (exact) mass is 396 g/mol. The molecular formula is C19H20F4N4O. The quantitative estimate of drug-likeness (QED) is 0.759. The smallest absolute Gasteiger partial charge is 0.363 e. The highest BCUT2D eigenvalue weighted by atomic mass is 19.4. The number of rotatable bonds is 3. The Balaban J connectivity index is 1.62. The van der Waals surface area contributed by atoms with Gasteiger partial charge >= 0.3 is 6.18 Å². The SMILES string of the molecule is O=C(NC1CCCC1)c1cc2n(n1)[C@@H](C(F)(F)F)C[C@@H](c1ccc(F)cc1)N2. The van der Waals surface area contributed by atoms with Gasteiger partial charge in [-0.3, -0.25) is 4.79 Å². The number of alkyl halides is 3. The maximum absolute atomic E-state index is 13.7. The van der Waals surface area contributed by atoms with Crippen LogP contribution < -0.4 is 10.6 Å². The van der Waals surface area contributed by atoms with Gasteiger partial charge in [0.1, 0.15) is 11.6 Å². The third-order valence-electron chi connectivity index (χ3n) is 5.39. The Morgan fingerprint density at radius 1 is 1.18 bits per heavy atom. The summed E-state index contributed by atoms with van der Waals surface area (Å²) in [6, 6.07) is 4.20. The number of carbonyl (C=O) groups is 1. The number of aromatic nitrogens is 2. The second-order valence-electron chi connectivity index (χ2n) is 7.36. The first kappa shape index (κ1) is 18.8. The predicted molar refractivity (Wildman–Crippen MR) is 94.4 cm³/mol. The molecule has 1 amide bonds. The molecule has 150 valence electrons. The van der Waals surface area contributed by atoms with Crippen LogP contribution in [0.5, 0.6) is 0 Å². The molecule has 4 rings (SSSR count). The van der Waals surface area contributed by atoms with Gasteiger partial charge in [0.15, 0.2) is 11.7 Å². The second kappa shape index (κ2) is 7.10. The summed E-state index contributed by atoms with van der Waals surface area (Å²) >= 11 is 0. The molecule has 5 nitrogen and oxygen atoms in total. The van der Waals surface area contributed by atoms with Gasteiger partial charge in [0.25, 0.3) is 5.91 Å². The van der Waals surface area contributed by atoms with Crippen molar-refractivity contribution < 1.29 is 22.4 Å². The third-order valence-corrected chi connectivity index (χ3v) is 5.39. The Bertz CT molecular complexity index is 856. The van der Waals surface area contributed by atoms with E-state index in [1.807, 2.05) is 0 Å². The number of benzene rings is 1. The average Bonchev–Trinajstić information content (AvgIpc) is 3.29. The lowest BCUT2D eigenvalue weighted by Gasteiger charge is -2.33. The molecule has 1 aliphatic carbocycles. The number of anilines is 1. The predicted octanol–water partition coefficient (Wildman–Crippen LogP) is 4.35. The van der Waals surface area contributed by atoms with Crippen molar-refractivity contribution in [2.45, 2.75) is 56.4 Å². The number of carbonyl (C=O) groups excluding carboxylic acids is 1. The fourth-order valence-corrected chi connectivity index (χ4v) is 3.93. The fraction of sp³-hybridized carbons (Fsp3) is 0.474. The highest BCUT2D eigenvalue weighted by Gasteiger charge is 2.46. The van der Waals surface area contributed by atoms with Crippen LogP contribution in [0.25, 0.3) is 0 Å². The highest BCUT2D eigenvalue weighted by Crippen LogP contribution is 2.43. The van der Waals surface area contributed by atoms with Gasteiger partial charge in [0.2, 0.25) is 0 Å². The van der Waals surface area contributed by atoms with Crippen molar-refractivity contribution in [3.05, 3.63) is 47.4 Å². The van der Waals surface area contributed by atoms with Gasteiger partial charge in [-0.15, -0.1) is 0 Å². The van der Waals surface area contributed by atoms with Gasteiger partial charge in [-0.2, -0.15) is 18.3 Å². The van der Waals surface area contributed by atoms with Crippen LogP contribution in [0.2, 0.25) is 0 Å². The number of nitrogens with one attached hydrogen (secondary N) is 2. The van der Waals surface area contributed by atoms with Crippen molar-refractivity contribution in [2.24, 2.45) is 0 Å². The number of nitrogens with zero attached hydrogens (tertiary/aromatic N) is 2. The number of fused-ring (bicyclic) bond motifs is 1. The molecule has 2 aliphatic rings. The number of halogens is 4. The van der Waals surface area contributed by atoms with E-state index in [0.717, 1.165) is 30.4 Å². The molecule has 1 aromatic carbocycles. The van der Waals surface area contributed by atoms with Gasteiger partial charge < -0.3 is 10.6 Å². The molecule has 0 saturated heterocycles. The summed E-state index contributed by atoms with van der Waals surface area (Å²) in [5.41, 5.74) is 0.503. The van der Waals surface area contributed by atoms with E-state index in [0.29, 0.717) is 5.56 Å². The lowest BCUT2D eigenvalue weighted by Crippen LogP contribution is -2.36. The standard InChI is InChI=1S/C19H20F4N4O/c20-12-7-5-11(6-8-12)14-9-16(19(21,22)23)27-17(25-14)10-15(26-27)18(28)24-13-3-1-2-4-13/h5-8,10,13-14,16,25H,1-4,9H2,(H,24,28)/t14-,16+/m0/s1. The molecule has 1 saturated carbocycles. The molecular weight excluding hydrogens is 376 g/mol. The van der Waals surface area contributed by atoms with Gasteiger partial charge in [-0.1, -0.05) is 25.0 Å². The van der Waals surface area contributed by atoms with Crippen molar-refractivity contribution in [1.82, 2.24) is 15.1 Å². The first-order chi connectivity index (χ1) is 13.3. The fourth-order valence-electron chi connectivity index (χ4n) is 3.93. The molecule has 9 heteroatoms. The van der Waals surface area contributed by atoms with E-state index in [9.17, 15) is 22.4 Å². The van der Waals surface area contributed by atoms with E-state index in [1.165, 1.54) is 30.3 Å². The molecule has 1 aromatic heterocycles. The average molecular weight is 396 g/mol. The molecule has 1 aliphatic heterocycles. The number of hydrogen-bond acceptors (Lipinski definition) is 3. The highest BCUT2D eigenvalue weighted by molar-refractivity contribution is 5.93. The van der Waals surface area contributed by atoms with E-state index in [4.69, 9.17) is 0 Å². The molecule has 0 spiro atoms. The van der Waals surface area contributed by atoms with E-state index < -0.39 is 30.0 Å². The lowest BCUT2D eigenvalue weighted by atomic mass is 9.97. The summed E-state index contributed by atoms with van der Waals surface area (Å²) < 4.78 is 55.0. The van der Waals surface area contributed by atoms with E-state index in [2.05, 4.69) is 15.7 Å². The van der Waals surface area contributed by atoms with Crippen LogP contribution in [-0.2, 0) is 0 Å². The molecule has 0 bridgehead atoms. The molecule has 2 N–H and O–H groups in total. The van der Waals surface area contributed by atoms with Crippen molar-refractivity contribution in [3.8, 4) is 0 Å². The summed E-state index contributed by atoms with van der Waals surface area (Å²) in [5.74, 6) is -0.794. The van der Waals surface area contributed by atoms with E-state index >= 15 is 0 Å². The maximum Gasteiger partial charge on any atom is 0.410 e. The van der Waals surface area contributed by atoms with E-state index in [1.54, 1.807) is 0 Å². The first-order valence-corrected chi connectivity index (χ1v) is 9.30. The summed E-state index contributed by atoms with van der Waals surface area (Å²) in [6.07, 6.45) is -1.03. The van der Waals surface area contributed by atoms with Crippen LogP contribution in [0.15, 0.2) is 30.3 Å². The molecule has 2 heterocycles. The zero-order chi connectivity index (χ0) is 19.9. The van der Waals surface area contributed by atoms with Gasteiger partial charge in [-0.25, -0.2) is 9.07 Å². The van der Waals surface area contributed by atoms with Crippen molar-refractivity contribution in [1.29, 1.82) is 0 Å². The van der Waals surface area contributed by atoms with Crippen LogP contribution in [0.3, 0.4) is 0 Å². The Labute approximate surface area is 159 Å². The Morgan fingerprint density at radius 2 is 1.86 bits per heavy atom. The van der Waals surface area contributed by atoms with Crippen molar-refractivity contribution in [2.75, 3.05) is 5.32 Å². The van der Waals surface area contributed by atoms with Crippen LogP contribution in [0, 0.1) is 5.82 Å². The summed E-state index contributed by atoms with van der Waals surface area (Å²) in [7, 11) is 0. The van der Waals surface area contributed by atoms with Crippen LogP contribution in [0.4, 0.5) is 23.4 Å². The minimum Gasteiger partial charge on any atom is -0.363 e. The van der Waals surface area contributed by atoms with Crippen molar-refractivity contribution in [3.63, 3.8) is 0 Å². The van der Waals surface area contributed by atoms with Crippen LogP contribution in [-0.4, -0.2) is 27.9 Å². The zero-order valence-electron chi connectivity index (χ0n) is 15.0. The summed E-state index contributed by atoms with van der Waals surface area (Å²) in [4.78, 5) is 12.4. The Morgan fingerprint density at radius 3 is 2.50 bits per heavy atom. The first-order valence-electron chi connectivity index (χ1n) is 9.30. The third kappa shape index (κ3) is 3.70. The minimum atomic E-state index is -4.53.